The van der Waals surface area contributed by atoms with E-state index in [0.29, 0.717) is 32.3 Å². The molecule has 0 aromatic carbocycles. The summed E-state index contributed by atoms with van der Waals surface area (Å²) in [6.07, 6.45) is 0. The Bertz CT molecular complexity index is 252. The normalized spacial score (nSPS) is 10.4. The van der Waals surface area contributed by atoms with Gasteiger partial charge in [-0.25, -0.2) is 4.68 Å². The molecule has 0 aliphatic rings. The zero-order valence-corrected chi connectivity index (χ0v) is 8.43. The summed E-state index contributed by atoms with van der Waals surface area (Å²) in [5.41, 5.74) is 0. The summed E-state index contributed by atoms with van der Waals surface area (Å²) in [6, 6.07) is 0. The van der Waals surface area contributed by atoms with Crippen LogP contribution in [0.5, 0.6) is 0 Å². The molecule has 0 amide bonds. The largest absolute Gasteiger partial charge is 0.382 e. The predicted octanol–water partition coefficient (Wildman–Crippen LogP) is -0.715. The van der Waals surface area contributed by atoms with Crippen molar-refractivity contribution in [3.63, 3.8) is 0 Å². The van der Waals surface area contributed by atoms with Gasteiger partial charge in [-0.2, -0.15) is 0 Å². The van der Waals surface area contributed by atoms with Gasteiger partial charge in [-0.05, 0) is 10.4 Å². The van der Waals surface area contributed by atoms with E-state index in [1.54, 1.807) is 18.8 Å². The minimum Gasteiger partial charge on any atom is -0.382 e. The lowest BCUT2D eigenvalue weighted by atomic mass is 10.6. The molecule has 0 fully saturated rings. The van der Waals surface area contributed by atoms with Gasteiger partial charge in [0.15, 0.2) is 0 Å². The number of hydrogen-bond acceptors (Lipinski definition) is 6. The van der Waals surface area contributed by atoms with E-state index in [1.807, 2.05) is 0 Å². The molecular formula is C7H15N5O2. The molecule has 1 N–H and O–H groups in total. The first-order chi connectivity index (χ1) is 6.84. The summed E-state index contributed by atoms with van der Waals surface area (Å²) in [6.45, 7) is 2.51. The highest BCUT2D eigenvalue weighted by atomic mass is 16.5. The minimum absolute atomic E-state index is 0.606. The third kappa shape index (κ3) is 3.67. The van der Waals surface area contributed by atoms with Crippen LogP contribution in [0.1, 0.15) is 0 Å². The number of aromatic nitrogens is 4. The maximum absolute atomic E-state index is 5.25. The molecule has 0 spiro atoms. The van der Waals surface area contributed by atoms with Gasteiger partial charge >= 0.3 is 0 Å². The van der Waals surface area contributed by atoms with Crippen LogP contribution in [-0.4, -0.2) is 53.7 Å². The lowest BCUT2D eigenvalue weighted by Gasteiger charge is -2.04. The Kier molecular flexibility index (Phi) is 4.87. The first-order valence-electron chi connectivity index (χ1n) is 4.37. The van der Waals surface area contributed by atoms with Gasteiger partial charge in [0.2, 0.25) is 5.95 Å². The lowest BCUT2D eigenvalue weighted by Crippen LogP contribution is -2.14. The number of aryl methyl sites for hydroxylation is 1. The average molecular weight is 201 g/mol. The molecule has 0 radical (unpaired) electrons. The summed E-state index contributed by atoms with van der Waals surface area (Å²) in [4.78, 5) is 0. The quantitative estimate of drug-likeness (QED) is 0.587. The van der Waals surface area contributed by atoms with E-state index in [1.165, 1.54) is 0 Å². The van der Waals surface area contributed by atoms with Crippen LogP contribution in [0.3, 0.4) is 0 Å². The van der Waals surface area contributed by atoms with Gasteiger partial charge in [0.25, 0.3) is 0 Å². The lowest BCUT2D eigenvalue weighted by molar-refractivity contribution is 0.0758. The van der Waals surface area contributed by atoms with Crippen LogP contribution >= 0.6 is 0 Å². The van der Waals surface area contributed by atoms with E-state index in [4.69, 9.17) is 9.47 Å². The molecule has 1 heterocycles. The van der Waals surface area contributed by atoms with E-state index in [0.717, 1.165) is 0 Å². The van der Waals surface area contributed by atoms with E-state index in [9.17, 15) is 0 Å². The van der Waals surface area contributed by atoms with E-state index in [-0.39, 0.29) is 0 Å². The van der Waals surface area contributed by atoms with Crippen LogP contribution in [0, 0.1) is 0 Å². The Labute approximate surface area is 82.4 Å². The zero-order chi connectivity index (χ0) is 10.2. The number of nitrogens with one attached hydrogen (secondary N) is 1. The van der Waals surface area contributed by atoms with Crippen molar-refractivity contribution in [2.75, 3.05) is 38.8 Å². The van der Waals surface area contributed by atoms with E-state index < -0.39 is 0 Å². The van der Waals surface area contributed by atoms with E-state index in [2.05, 4.69) is 20.8 Å². The van der Waals surface area contributed by atoms with Crippen molar-refractivity contribution in [1.82, 2.24) is 20.2 Å². The highest BCUT2D eigenvalue weighted by molar-refractivity contribution is 5.20. The van der Waals surface area contributed by atoms with Crippen molar-refractivity contribution in [2.45, 2.75) is 0 Å². The summed E-state index contributed by atoms with van der Waals surface area (Å²) >= 11 is 0. The first kappa shape index (κ1) is 10.9. The molecule has 1 aromatic heterocycles. The van der Waals surface area contributed by atoms with Gasteiger partial charge in [-0.15, -0.1) is 0 Å². The van der Waals surface area contributed by atoms with Gasteiger partial charge in [-0.1, -0.05) is 5.10 Å². The summed E-state index contributed by atoms with van der Waals surface area (Å²) in [5.74, 6) is 0.639. The molecule has 1 aromatic rings. The fourth-order valence-corrected chi connectivity index (χ4v) is 0.859. The third-order valence-corrected chi connectivity index (χ3v) is 1.58. The molecule has 0 saturated carbocycles. The van der Waals surface area contributed by atoms with Crippen LogP contribution in [-0.2, 0) is 16.5 Å². The molecule has 14 heavy (non-hydrogen) atoms. The Morgan fingerprint density at radius 2 is 2.21 bits per heavy atom. The number of tetrazole rings is 1. The molecule has 0 aliphatic carbocycles. The Morgan fingerprint density at radius 3 is 2.86 bits per heavy atom. The highest BCUT2D eigenvalue weighted by Crippen LogP contribution is 1.93. The molecule has 7 nitrogen and oxygen atoms in total. The van der Waals surface area contributed by atoms with Gasteiger partial charge < -0.3 is 14.8 Å². The smallest absolute Gasteiger partial charge is 0.242 e. The molecule has 0 saturated heterocycles. The zero-order valence-electron chi connectivity index (χ0n) is 8.43. The number of hydrogen-bond donors (Lipinski definition) is 1. The van der Waals surface area contributed by atoms with Crippen molar-refractivity contribution in [3.8, 4) is 0 Å². The summed E-state index contributed by atoms with van der Waals surface area (Å²) < 4.78 is 11.6. The Balaban J connectivity index is 2.02. The second-order valence-electron chi connectivity index (χ2n) is 2.66. The number of nitrogens with zero attached hydrogens (tertiary/aromatic N) is 4. The van der Waals surface area contributed by atoms with Gasteiger partial charge in [0.1, 0.15) is 0 Å². The van der Waals surface area contributed by atoms with Crippen molar-refractivity contribution in [2.24, 2.45) is 7.05 Å². The molecule has 0 atom stereocenters. The van der Waals surface area contributed by atoms with Gasteiger partial charge in [0.05, 0.1) is 19.8 Å². The van der Waals surface area contributed by atoms with Crippen molar-refractivity contribution in [1.29, 1.82) is 0 Å². The Hall–Kier alpha value is -1.21. The molecule has 1 rings (SSSR count). The second-order valence-corrected chi connectivity index (χ2v) is 2.66. The maximum Gasteiger partial charge on any atom is 0.242 e. The number of anilines is 1. The summed E-state index contributed by atoms with van der Waals surface area (Å²) in [5, 5.41) is 14.0. The molecule has 7 heteroatoms. The minimum atomic E-state index is 0.606. The SMILES string of the molecule is COCCOCCNc1nnnn1C. The number of rotatable bonds is 7. The highest BCUT2D eigenvalue weighted by Gasteiger charge is 1.98. The predicted molar refractivity (Wildman–Crippen MR) is 50.0 cm³/mol. The van der Waals surface area contributed by atoms with Crippen LogP contribution < -0.4 is 5.32 Å². The molecule has 0 bridgehead atoms. The number of methoxy groups -OCH3 is 1. The molecular weight excluding hydrogens is 186 g/mol. The average Bonchev–Trinajstić information content (AvgIpc) is 2.58. The monoisotopic (exact) mass is 201 g/mol. The third-order valence-electron chi connectivity index (χ3n) is 1.58. The second kappa shape index (κ2) is 6.28. The van der Waals surface area contributed by atoms with Crippen LogP contribution in [0.2, 0.25) is 0 Å². The fraction of sp³-hybridized carbons (Fsp3) is 0.857. The standard InChI is InChI=1S/C7H15N5O2/c1-12-7(9-10-11-12)8-3-4-14-6-5-13-2/h3-6H2,1-2H3,(H,8,9,11). The van der Waals surface area contributed by atoms with Crippen LogP contribution in [0.4, 0.5) is 5.95 Å². The molecule has 0 unspecified atom stereocenters. The van der Waals surface area contributed by atoms with Gasteiger partial charge in [0, 0.05) is 20.7 Å². The van der Waals surface area contributed by atoms with Crippen molar-refractivity contribution >= 4 is 5.95 Å². The first-order valence-corrected chi connectivity index (χ1v) is 4.37. The number of ether oxygens (including phenoxy) is 2. The van der Waals surface area contributed by atoms with Crippen LogP contribution in [0.15, 0.2) is 0 Å². The van der Waals surface area contributed by atoms with Crippen molar-refractivity contribution < 1.29 is 9.47 Å². The molecule has 0 aliphatic heterocycles. The summed E-state index contributed by atoms with van der Waals surface area (Å²) in [7, 11) is 3.42. The van der Waals surface area contributed by atoms with E-state index >= 15 is 0 Å². The Morgan fingerprint density at radius 1 is 1.36 bits per heavy atom. The van der Waals surface area contributed by atoms with Gasteiger partial charge in [-0.3, -0.25) is 0 Å². The van der Waals surface area contributed by atoms with Crippen LogP contribution in [0.25, 0.3) is 0 Å². The fourth-order valence-electron chi connectivity index (χ4n) is 0.859. The topological polar surface area (TPSA) is 74.1 Å². The molecule has 80 valence electrons. The maximum atomic E-state index is 5.25. The van der Waals surface area contributed by atoms with Crippen molar-refractivity contribution in [3.05, 3.63) is 0 Å².